The highest BCUT2D eigenvalue weighted by atomic mass is 32.2. The van der Waals surface area contributed by atoms with Crippen molar-refractivity contribution in [2.24, 2.45) is 0 Å². The summed E-state index contributed by atoms with van der Waals surface area (Å²) >= 11 is 0. The van der Waals surface area contributed by atoms with Crippen LogP contribution in [0.5, 0.6) is 0 Å². The van der Waals surface area contributed by atoms with E-state index in [-0.39, 0.29) is 30.5 Å². The van der Waals surface area contributed by atoms with Gasteiger partial charge in [-0.3, -0.25) is 9.59 Å². The minimum atomic E-state index is -3.44. The smallest absolute Gasteiger partial charge is 0.222 e. The van der Waals surface area contributed by atoms with E-state index in [1.807, 2.05) is 26.0 Å². The molecule has 0 radical (unpaired) electrons. The third kappa shape index (κ3) is 7.37. The molecule has 0 aromatic heterocycles. The van der Waals surface area contributed by atoms with Crippen LogP contribution in [0.3, 0.4) is 0 Å². The number of morpholine rings is 1. The van der Waals surface area contributed by atoms with E-state index in [4.69, 9.17) is 4.74 Å². The minimum absolute atomic E-state index is 0.0615. The van der Waals surface area contributed by atoms with E-state index in [1.54, 1.807) is 17.0 Å². The zero-order chi connectivity index (χ0) is 22.0. The van der Waals surface area contributed by atoms with E-state index in [0.29, 0.717) is 57.8 Å². The molecule has 0 spiro atoms. The summed E-state index contributed by atoms with van der Waals surface area (Å²) in [6.45, 7) is 7.03. The van der Waals surface area contributed by atoms with Gasteiger partial charge in [-0.1, -0.05) is 24.3 Å². The van der Waals surface area contributed by atoms with Gasteiger partial charge in [0.25, 0.3) is 0 Å². The Kier molecular flexibility index (Phi) is 9.74. The lowest BCUT2D eigenvalue weighted by Crippen LogP contribution is -2.41. The molecule has 9 heteroatoms. The molecule has 8 nitrogen and oxygen atoms in total. The number of nitrogens with one attached hydrogen (secondary N) is 1. The largest absolute Gasteiger partial charge is 0.379 e. The average Bonchev–Trinajstić information content (AvgIpc) is 2.74. The van der Waals surface area contributed by atoms with Gasteiger partial charge in [0.2, 0.25) is 21.8 Å². The number of rotatable bonds is 11. The number of hydrogen-bond acceptors (Lipinski definition) is 5. The lowest BCUT2D eigenvalue weighted by atomic mass is 10.1. The van der Waals surface area contributed by atoms with Crippen molar-refractivity contribution in [2.45, 2.75) is 45.4 Å². The van der Waals surface area contributed by atoms with Crippen molar-refractivity contribution in [3.8, 4) is 0 Å². The van der Waals surface area contributed by atoms with Crippen LogP contribution in [0.1, 0.15) is 44.2 Å². The standard InChI is InChI=1S/C21H33N3O5S/c1-3-23(4-2)21(26)11-7-10-20(25)22-16-18-8-5-6-9-19(18)17-30(27,28)24-12-14-29-15-13-24/h5-6,8-9H,3-4,7,10-17H2,1-2H3,(H,22,25). The van der Waals surface area contributed by atoms with Crippen LogP contribution in [0.25, 0.3) is 0 Å². The second kappa shape index (κ2) is 12.0. The second-order valence-electron chi connectivity index (χ2n) is 7.23. The monoisotopic (exact) mass is 439 g/mol. The van der Waals surface area contributed by atoms with Gasteiger partial charge in [-0.25, -0.2) is 8.42 Å². The topological polar surface area (TPSA) is 96.0 Å². The van der Waals surface area contributed by atoms with E-state index in [1.165, 1.54) is 4.31 Å². The summed E-state index contributed by atoms with van der Waals surface area (Å²) < 4.78 is 32.1. The maximum atomic E-state index is 12.7. The fourth-order valence-electron chi connectivity index (χ4n) is 3.40. The molecule has 30 heavy (non-hydrogen) atoms. The van der Waals surface area contributed by atoms with Crippen LogP contribution in [-0.2, 0) is 36.6 Å². The number of benzene rings is 1. The highest BCUT2D eigenvalue weighted by Crippen LogP contribution is 2.16. The van der Waals surface area contributed by atoms with Crippen LogP contribution in [0.2, 0.25) is 0 Å². The first kappa shape index (κ1) is 24.3. The van der Waals surface area contributed by atoms with Gasteiger partial charge in [0, 0.05) is 45.6 Å². The quantitative estimate of drug-likeness (QED) is 0.564. The van der Waals surface area contributed by atoms with Gasteiger partial charge < -0.3 is 15.0 Å². The zero-order valence-electron chi connectivity index (χ0n) is 17.9. The molecule has 168 valence electrons. The molecule has 1 saturated heterocycles. The Morgan fingerprint density at radius 3 is 2.33 bits per heavy atom. The first-order valence-corrected chi connectivity index (χ1v) is 12.1. The Labute approximate surface area is 179 Å². The molecule has 1 aromatic rings. The number of carbonyl (C=O) groups is 2. The van der Waals surface area contributed by atoms with Crippen LogP contribution in [0.15, 0.2) is 24.3 Å². The molecule has 1 aromatic carbocycles. The highest BCUT2D eigenvalue weighted by Gasteiger charge is 2.25. The Bertz CT molecular complexity index is 803. The molecule has 1 N–H and O–H groups in total. The molecule has 0 saturated carbocycles. The first-order valence-electron chi connectivity index (χ1n) is 10.5. The third-order valence-corrected chi connectivity index (χ3v) is 7.03. The number of amides is 2. The van der Waals surface area contributed by atoms with Gasteiger partial charge in [0.05, 0.1) is 19.0 Å². The van der Waals surface area contributed by atoms with Crippen LogP contribution >= 0.6 is 0 Å². The normalized spacial score (nSPS) is 15.0. The number of hydrogen-bond donors (Lipinski definition) is 1. The Morgan fingerprint density at radius 1 is 1.07 bits per heavy atom. The average molecular weight is 440 g/mol. The lowest BCUT2D eigenvalue weighted by Gasteiger charge is -2.26. The number of carbonyl (C=O) groups excluding carboxylic acids is 2. The van der Waals surface area contributed by atoms with Crippen molar-refractivity contribution in [3.05, 3.63) is 35.4 Å². The molecule has 2 rings (SSSR count). The SMILES string of the molecule is CCN(CC)C(=O)CCCC(=O)NCc1ccccc1CS(=O)(=O)N1CCOCC1. The molecule has 1 aliphatic rings. The van der Waals surface area contributed by atoms with Crippen LogP contribution in [0.4, 0.5) is 0 Å². The van der Waals surface area contributed by atoms with E-state index >= 15 is 0 Å². The van der Waals surface area contributed by atoms with E-state index < -0.39 is 10.0 Å². The van der Waals surface area contributed by atoms with E-state index in [2.05, 4.69) is 5.32 Å². The Balaban J connectivity index is 1.86. The molecule has 1 fully saturated rings. The van der Waals surface area contributed by atoms with Gasteiger partial charge in [-0.15, -0.1) is 0 Å². The molecule has 2 amide bonds. The fourth-order valence-corrected chi connectivity index (χ4v) is 4.96. The molecule has 0 aliphatic carbocycles. The zero-order valence-corrected chi connectivity index (χ0v) is 18.7. The van der Waals surface area contributed by atoms with E-state index in [9.17, 15) is 18.0 Å². The summed E-state index contributed by atoms with van der Waals surface area (Å²) in [6, 6.07) is 7.24. The molecule has 1 aliphatic heterocycles. The summed E-state index contributed by atoms with van der Waals surface area (Å²) in [7, 11) is -3.44. The number of sulfonamides is 1. The second-order valence-corrected chi connectivity index (χ2v) is 9.20. The van der Waals surface area contributed by atoms with E-state index in [0.717, 1.165) is 5.56 Å². The summed E-state index contributed by atoms with van der Waals surface area (Å²) in [6.07, 6.45) is 1.11. The Hall–Kier alpha value is -1.97. The number of nitrogens with zero attached hydrogens (tertiary/aromatic N) is 2. The molecule has 0 unspecified atom stereocenters. The van der Waals surface area contributed by atoms with Crippen molar-refractivity contribution in [2.75, 3.05) is 39.4 Å². The maximum absolute atomic E-state index is 12.7. The molecular weight excluding hydrogens is 406 g/mol. The minimum Gasteiger partial charge on any atom is -0.379 e. The van der Waals surface area contributed by atoms with Gasteiger partial charge in [-0.2, -0.15) is 4.31 Å². The molecule has 0 atom stereocenters. The van der Waals surface area contributed by atoms with Crippen molar-refractivity contribution in [1.29, 1.82) is 0 Å². The first-order chi connectivity index (χ1) is 14.4. The van der Waals surface area contributed by atoms with Gasteiger partial charge in [0.15, 0.2) is 0 Å². The predicted molar refractivity (Wildman–Crippen MR) is 115 cm³/mol. The third-order valence-electron chi connectivity index (χ3n) is 5.21. The Morgan fingerprint density at radius 2 is 1.70 bits per heavy atom. The highest BCUT2D eigenvalue weighted by molar-refractivity contribution is 7.88. The summed E-state index contributed by atoms with van der Waals surface area (Å²) in [5.41, 5.74) is 1.46. The molecule has 1 heterocycles. The van der Waals surface area contributed by atoms with Crippen molar-refractivity contribution >= 4 is 21.8 Å². The number of ether oxygens (including phenoxy) is 1. The predicted octanol–water partition coefficient (Wildman–Crippen LogP) is 1.50. The van der Waals surface area contributed by atoms with Crippen LogP contribution < -0.4 is 5.32 Å². The van der Waals surface area contributed by atoms with Crippen LogP contribution in [-0.4, -0.2) is 68.8 Å². The van der Waals surface area contributed by atoms with Crippen molar-refractivity contribution in [1.82, 2.24) is 14.5 Å². The summed E-state index contributed by atoms with van der Waals surface area (Å²) in [5.74, 6) is -0.183. The lowest BCUT2D eigenvalue weighted by molar-refractivity contribution is -0.131. The molecular formula is C21H33N3O5S. The fraction of sp³-hybridized carbons (Fsp3) is 0.619. The van der Waals surface area contributed by atoms with Crippen LogP contribution in [0, 0.1) is 0 Å². The maximum Gasteiger partial charge on any atom is 0.222 e. The summed E-state index contributed by atoms with van der Waals surface area (Å²) in [5, 5.41) is 2.84. The van der Waals surface area contributed by atoms with Crippen molar-refractivity contribution < 1.29 is 22.7 Å². The van der Waals surface area contributed by atoms with Crippen molar-refractivity contribution in [3.63, 3.8) is 0 Å². The van der Waals surface area contributed by atoms with Gasteiger partial charge >= 0.3 is 0 Å². The molecule has 0 bridgehead atoms. The van der Waals surface area contributed by atoms with Gasteiger partial charge in [0.1, 0.15) is 0 Å². The van der Waals surface area contributed by atoms with Gasteiger partial charge in [-0.05, 0) is 31.4 Å². The summed E-state index contributed by atoms with van der Waals surface area (Å²) in [4.78, 5) is 25.9.